The van der Waals surface area contributed by atoms with Crippen molar-refractivity contribution in [2.24, 2.45) is 5.92 Å². The number of nitrogens with one attached hydrogen (secondary N) is 1. The van der Waals surface area contributed by atoms with Crippen molar-refractivity contribution >= 4 is 15.9 Å². The lowest BCUT2D eigenvalue weighted by molar-refractivity contribution is 0.339. The number of benzene rings is 1. The fraction of sp³-hybridized carbons (Fsp3) is 0.571. The Labute approximate surface area is 113 Å². The van der Waals surface area contributed by atoms with Crippen LogP contribution in [0.15, 0.2) is 28.7 Å². The van der Waals surface area contributed by atoms with Gasteiger partial charge in [0, 0.05) is 17.6 Å². The normalized spacial score (nSPS) is 20.9. The Kier molecular flexibility index (Phi) is 5.01. The minimum absolute atomic E-state index is 0.831. The van der Waals surface area contributed by atoms with Gasteiger partial charge < -0.3 is 10.2 Å². The van der Waals surface area contributed by atoms with Crippen LogP contribution in [0, 0.1) is 5.92 Å². The molecule has 1 aromatic rings. The minimum atomic E-state index is 0.831. The maximum absolute atomic E-state index is 3.58. The van der Waals surface area contributed by atoms with Gasteiger partial charge in [-0.3, -0.25) is 0 Å². The summed E-state index contributed by atoms with van der Waals surface area (Å²) in [5.74, 6) is 0.831. The average Bonchev–Trinajstić information content (AvgIpc) is 2.80. The topological polar surface area (TPSA) is 15.3 Å². The quantitative estimate of drug-likeness (QED) is 0.899. The lowest BCUT2D eigenvalue weighted by atomic mass is 10.1. The first-order valence-corrected chi connectivity index (χ1v) is 7.25. The molecule has 0 amide bonds. The van der Waals surface area contributed by atoms with Gasteiger partial charge in [-0.15, -0.1) is 0 Å². The van der Waals surface area contributed by atoms with Crippen molar-refractivity contribution in [2.75, 3.05) is 26.2 Å². The second kappa shape index (κ2) is 6.53. The van der Waals surface area contributed by atoms with Crippen molar-refractivity contribution in [1.29, 1.82) is 0 Å². The van der Waals surface area contributed by atoms with E-state index in [0.717, 1.165) is 19.0 Å². The summed E-state index contributed by atoms with van der Waals surface area (Å²) in [6.07, 6.45) is 1.34. The SMILES string of the molecule is CCN1CCC(CNCc2ccccc2Br)C1. The van der Waals surface area contributed by atoms with Crippen LogP contribution >= 0.6 is 15.9 Å². The third-order valence-corrected chi connectivity index (χ3v) is 4.30. The molecule has 0 aliphatic carbocycles. The smallest absolute Gasteiger partial charge is 0.0220 e. The van der Waals surface area contributed by atoms with Crippen LogP contribution in [-0.2, 0) is 6.54 Å². The second-order valence-corrected chi connectivity index (χ2v) is 5.62. The Morgan fingerprint density at radius 3 is 2.94 bits per heavy atom. The lowest BCUT2D eigenvalue weighted by Gasteiger charge is -2.14. The number of halogens is 1. The van der Waals surface area contributed by atoms with Crippen LogP contribution in [0.25, 0.3) is 0 Å². The summed E-state index contributed by atoms with van der Waals surface area (Å²) in [5, 5.41) is 3.57. The summed E-state index contributed by atoms with van der Waals surface area (Å²) in [5.41, 5.74) is 1.35. The van der Waals surface area contributed by atoms with Gasteiger partial charge in [-0.1, -0.05) is 41.1 Å². The van der Waals surface area contributed by atoms with Crippen molar-refractivity contribution in [2.45, 2.75) is 19.9 Å². The summed E-state index contributed by atoms with van der Waals surface area (Å²) in [7, 11) is 0. The largest absolute Gasteiger partial charge is 0.312 e. The fourth-order valence-electron chi connectivity index (χ4n) is 2.42. The van der Waals surface area contributed by atoms with Gasteiger partial charge in [-0.25, -0.2) is 0 Å². The van der Waals surface area contributed by atoms with Gasteiger partial charge in [0.2, 0.25) is 0 Å². The molecule has 1 unspecified atom stereocenters. The predicted octanol–water partition coefficient (Wildman–Crippen LogP) is 2.88. The van der Waals surface area contributed by atoms with E-state index >= 15 is 0 Å². The van der Waals surface area contributed by atoms with Crippen LogP contribution in [0.3, 0.4) is 0 Å². The van der Waals surface area contributed by atoms with Gasteiger partial charge in [0.25, 0.3) is 0 Å². The van der Waals surface area contributed by atoms with Crippen LogP contribution < -0.4 is 5.32 Å². The molecule has 1 aliphatic rings. The van der Waals surface area contributed by atoms with E-state index < -0.39 is 0 Å². The molecular formula is C14H21BrN2. The monoisotopic (exact) mass is 296 g/mol. The van der Waals surface area contributed by atoms with Crippen molar-refractivity contribution in [3.8, 4) is 0 Å². The number of rotatable bonds is 5. The Bertz CT molecular complexity index is 354. The molecule has 2 rings (SSSR count). The molecule has 0 saturated carbocycles. The maximum atomic E-state index is 3.58. The maximum Gasteiger partial charge on any atom is 0.0220 e. The fourth-order valence-corrected chi connectivity index (χ4v) is 2.84. The van der Waals surface area contributed by atoms with Gasteiger partial charge in [-0.2, -0.15) is 0 Å². The molecule has 1 saturated heterocycles. The molecule has 94 valence electrons. The van der Waals surface area contributed by atoms with Gasteiger partial charge >= 0.3 is 0 Å². The summed E-state index contributed by atoms with van der Waals surface area (Å²) >= 11 is 3.58. The third-order valence-electron chi connectivity index (χ3n) is 3.52. The summed E-state index contributed by atoms with van der Waals surface area (Å²) in [6.45, 7) is 8.08. The van der Waals surface area contributed by atoms with Gasteiger partial charge in [0.05, 0.1) is 0 Å². The molecule has 2 nitrogen and oxygen atoms in total. The van der Waals surface area contributed by atoms with Crippen molar-refractivity contribution < 1.29 is 0 Å². The lowest BCUT2D eigenvalue weighted by Crippen LogP contribution is -2.26. The Hall–Kier alpha value is -0.380. The first-order valence-electron chi connectivity index (χ1n) is 6.46. The Morgan fingerprint density at radius 2 is 2.24 bits per heavy atom. The van der Waals surface area contributed by atoms with E-state index in [-0.39, 0.29) is 0 Å². The molecule has 1 aliphatic heterocycles. The zero-order valence-corrected chi connectivity index (χ0v) is 12.0. The van der Waals surface area contributed by atoms with Crippen LogP contribution in [-0.4, -0.2) is 31.1 Å². The summed E-state index contributed by atoms with van der Waals surface area (Å²) in [6, 6.07) is 8.43. The highest BCUT2D eigenvalue weighted by Crippen LogP contribution is 2.17. The predicted molar refractivity (Wildman–Crippen MR) is 76.1 cm³/mol. The second-order valence-electron chi connectivity index (χ2n) is 4.77. The number of hydrogen-bond acceptors (Lipinski definition) is 2. The first kappa shape index (κ1) is 13.1. The van der Waals surface area contributed by atoms with Gasteiger partial charge in [-0.05, 0) is 43.6 Å². The molecule has 1 N–H and O–H groups in total. The molecule has 1 heterocycles. The Balaban J connectivity index is 1.72. The van der Waals surface area contributed by atoms with Crippen LogP contribution in [0.5, 0.6) is 0 Å². The van der Waals surface area contributed by atoms with E-state index in [0.29, 0.717) is 0 Å². The highest BCUT2D eigenvalue weighted by Gasteiger charge is 2.20. The Morgan fingerprint density at radius 1 is 1.41 bits per heavy atom. The van der Waals surface area contributed by atoms with E-state index in [9.17, 15) is 0 Å². The van der Waals surface area contributed by atoms with Gasteiger partial charge in [0.1, 0.15) is 0 Å². The van der Waals surface area contributed by atoms with Crippen LogP contribution in [0.1, 0.15) is 18.9 Å². The van der Waals surface area contributed by atoms with Crippen molar-refractivity contribution in [1.82, 2.24) is 10.2 Å². The van der Waals surface area contributed by atoms with E-state index in [1.807, 2.05) is 0 Å². The van der Waals surface area contributed by atoms with E-state index in [1.54, 1.807) is 0 Å². The zero-order valence-electron chi connectivity index (χ0n) is 10.5. The molecule has 3 heteroatoms. The molecular weight excluding hydrogens is 276 g/mol. The molecule has 1 fully saturated rings. The molecule has 0 aromatic heterocycles. The third kappa shape index (κ3) is 3.80. The van der Waals surface area contributed by atoms with Crippen molar-refractivity contribution in [3.05, 3.63) is 34.3 Å². The van der Waals surface area contributed by atoms with Crippen LogP contribution in [0.4, 0.5) is 0 Å². The molecule has 1 atom stereocenters. The number of nitrogens with zero attached hydrogens (tertiary/aromatic N) is 1. The van der Waals surface area contributed by atoms with Crippen molar-refractivity contribution in [3.63, 3.8) is 0 Å². The highest BCUT2D eigenvalue weighted by molar-refractivity contribution is 9.10. The highest BCUT2D eigenvalue weighted by atomic mass is 79.9. The first-order chi connectivity index (χ1) is 8.29. The molecule has 0 spiro atoms. The zero-order chi connectivity index (χ0) is 12.1. The molecule has 17 heavy (non-hydrogen) atoms. The molecule has 0 bridgehead atoms. The standard InChI is InChI=1S/C14H21BrN2/c1-2-17-8-7-12(11-17)9-16-10-13-5-3-4-6-14(13)15/h3-6,12,16H,2,7-11H2,1H3. The summed E-state index contributed by atoms with van der Waals surface area (Å²) < 4.78 is 1.20. The molecule has 1 aromatic carbocycles. The average molecular weight is 297 g/mol. The summed E-state index contributed by atoms with van der Waals surface area (Å²) in [4.78, 5) is 2.53. The number of hydrogen-bond donors (Lipinski definition) is 1. The van der Waals surface area contributed by atoms with Crippen LogP contribution in [0.2, 0.25) is 0 Å². The van der Waals surface area contributed by atoms with E-state index in [2.05, 4.69) is 57.3 Å². The minimum Gasteiger partial charge on any atom is -0.312 e. The van der Waals surface area contributed by atoms with E-state index in [1.165, 1.54) is 36.1 Å². The number of likely N-dealkylation sites (tertiary alicyclic amines) is 1. The molecule has 0 radical (unpaired) electrons. The van der Waals surface area contributed by atoms with Gasteiger partial charge in [0.15, 0.2) is 0 Å². The van der Waals surface area contributed by atoms with E-state index in [4.69, 9.17) is 0 Å².